The van der Waals surface area contributed by atoms with Crippen LogP contribution in [-0.4, -0.2) is 0 Å². The lowest BCUT2D eigenvalue weighted by Gasteiger charge is -2.11. The third-order valence-corrected chi connectivity index (χ3v) is 3.59. The molecule has 1 fully saturated rings. The Kier molecular flexibility index (Phi) is 3.20. The van der Waals surface area contributed by atoms with Gasteiger partial charge in [-0.05, 0) is 42.0 Å². The first-order valence-corrected chi connectivity index (χ1v) is 6.69. The highest BCUT2D eigenvalue weighted by Gasteiger charge is 2.25. The van der Waals surface area contributed by atoms with Gasteiger partial charge in [0, 0.05) is 6.54 Å². The van der Waals surface area contributed by atoms with E-state index >= 15 is 0 Å². The average molecular weight is 248 g/mol. The second-order valence-electron chi connectivity index (χ2n) is 4.98. The van der Waals surface area contributed by atoms with Crippen molar-refractivity contribution in [2.24, 2.45) is 0 Å². The van der Waals surface area contributed by atoms with Crippen molar-refractivity contribution in [1.29, 1.82) is 5.26 Å². The number of para-hydroxylation sites is 1. The molecule has 0 spiro atoms. The summed E-state index contributed by atoms with van der Waals surface area (Å²) in [5.74, 6) is 0.754. The highest BCUT2D eigenvalue weighted by Crippen LogP contribution is 2.41. The molecular formula is C17H16N2. The minimum absolute atomic E-state index is 0.700. The topological polar surface area (TPSA) is 35.8 Å². The maximum absolute atomic E-state index is 9.08. The molecule has 0 aromatic heterocycles. The number of hydrogen-bond donors (Lipinski definition) is 1. The molecule has 3 rings (SSSR count). The molecule has 0 saturated heterocycles. The van der Waals surface area contributed by atoms with Crippen LogP contribution in [0.1, 0.15) is 35.4 Å². The van der Waals surface area contributed by atoms with Gasteiger partial charge in [-0.2, -0.15) is 5.26 Å². The zero-order chi connectivity index (χ0) is 13.1. The first-order valence-electron chi connectivity index (χ1n) is 6.69. The maximum atomic E-state index is 9.08. The average Bonchev–Trinajstić information content (AvgIpc) is 3.30. The quantitative estimate of drug-likeness (QED) is 0.886. The fourth-order valence-corrected chi connectivity index (χ4v) is 2.41. The van der Waals surface area contributed by atoms with Gasteiger partial charge in [0.05, 0.1) is 11.3 Å². The van der Waals surface area contributed by atoms with Crippen molar-refractivity contribution in [1.82, 2.24) is 0 Å². The standard InChI is InChI=1S/C17H16N2/c18-11-14-5-2-4-8-17(14)19-12-15-6-1-3-7-16(15)13-9-10-13/h1-8,13,19H,9-10,12H2. The molecular weight excluding hydrogens is 232 g/mol. The molecule has 1 aliphatic carbocycles. The van der Waals surface area contributed by atoms with Gasteiger partial charge in [0.1, 0.15) is 6.07 Å². The van der Waals surface area contributed by atoms with Gasteiger partial charge >= 0.3 is 0 Å². The molecule has 19 heavy (non-hydrogen) atoms. The third kappa shape index (κ3) is 2.61. The number of hydrogen-bond acceptors (Lipinski definition) is 2. The third-order valence-electron chi connectivity index (χ3n) is 3.59. The van der Waals surface area contributed by atoms with E-state index in [4.69, 9.17) is 5.26 Å². The molecule has 1 N–H and O–H groups in total. The molecule has 0 amide bonds. The van der Waals surface area contributed by atoms with E-state index < -0.39 is 0 Å². The van der Waals surface area contributed by atoms with E-state index in [1.54, 1.807) is 0 Å². The van der Waals surface area contributed by atoms with Crippen molar-refractivity contribution < 1.29 is 0 Å². The number of nitriles is 1. The number of nitrogens with zero attached hydrogens (tertiary/aromatic N) is 1. The van der Waals surface area contributed by atoms with Crippen LogP contribution in [0, 0.1) is 11.3 Å². The van der Waals surface area contributed by atoms with E-state index in [2.05, 4.69) is 35.7 Å². The predicted octanol–water partition coefficient (Wildman–Crippen LogP) is 4.05. The predicted molar refractivity (Wildman–Crippen MR) is 76.9 cm³/mol. The van der Waals surface area contributed by atoms with E-state index in [0.29, 0.717) is 5.56 Å². The second-order valence-corrected chi connectivity index (χ2v) is 4.98. The second kappa shape index (κ2) is 5.16. The summed E-state index contributed by atoms with van der Waals surface area (Å²) in [5, 5.41) is 12.5. The van der Waals surface area contributed by atoms with Crippen molar-refractivity contribution in [3.05, 3.63) is 65.2 Å². The van der Waals surface area contributed by atoms with Gasteiger partial charge in [-0.25, -0.2) is 0 Å². The highest BCUT2D eigenvalue weighted by molar-refractivity contribution is 5.57. The van der Waals surface area contributed by atoms with Gasteiger partial charge in [0.25, 0.3) is 0 Å². The number of rotatable bonds is 4. The molecule has 0 aliphatic heterocycles. The van der Waals surface area contributed by atoms with E-state index in [1.165, 1.54) is 24.0 Å². The summed E-state index contributed by atoms with van der Waals surface area (Å²) in [6.45, 7) is 0.783. The van der Waals surface area contributed by atoms with Gasteiger partial charge in [0.15, 0.2) is 0 Å². The monoisotopic (exact) mass is 248 g/mol. The molecule has 2 nitrogen and oxygen atoms in total. The van der Waals surface area contributed by atoms with Crippen LogP contribution in [0.15, 0.2) is 48.5 Å². The molecule has 94 valence electrons. The van der Waals surface area contributed by atoms with E-state index in [9.17, 15) is 0 Å². The molecule has 2 aromatic carbocycles. The Morgan fingerprint density at radius 3 is 2.58 bits per heavy atom. The van der Waals surface area contributed by atoms with Crippen LogP contribution in [-0.2, 0) is 6.54 Å². The molecule has 1 saturated carbocycles. The lowest BCUT2D eigenvalue weighted by atomic mass is 10.0. The summed E-state index contributed by atoms with van der Waals surface area (Å²) >= 11 is 0. The van der Waals surface area contributed by atoms with Crippen molar-refractivity contribution >= 4 is 5.69 Å². The van der Waals surface area contributed by atoms with Crippen LogP contribution in [0.4, 0.5) is 5.69 Å². The van der Waals surface area contributed by atoms with Gasteiger partial charge < -0.3 is 5.32 Å². The van der Waals surface area contributed by atoms with Crippen LogP contribution in [0.5, 0.6) is 0 Å². The number of benzene rings is 2. The van der Waals surface area contributed by atoms with Crippen LogP contribution < -0.4 is 5.32 Å². The Morgan fingerprint density at radius 1 is 1.05 bits per heavy atom. The molecule has 2 heteroatoms. The SMILES string of the molecule is N#Cc1ccccc1NCc1ccccc1C1CC1. The van der Waals surface area contributed by atoms with Crippen LogP contribution >= 0.6 is 0 Å². The first-order chi connectivity index (χ1) is 9.38. The van der Waals surface area contributed by atoms with Gasteiger partial charge in [-0.3, -0.25) is 0 Å². The van der Waals surface area contributed by atoms with Crippen molar-refractivity contribution in [2.45, 2.75) is 25.3 Å². The van der Waals surface area contributed by atoms with Crippen molar-refractivity contribution in [3.63, 3.8) is 0 Å². The molecule has 0 radical (unpaired) electrons. The Morgan fingerprint density at radius 2 is 1.79 bits per heavy atom. The number of anilines is 1. The fraction of sp³-hybridized carbons (Fsp3) is 0.235. The molecule has 0 heterocycles. The summed E-state index contributed by atoms with van der Waals surface area (Å²) < 4.78 is 0. The lowest BCUT2D eigenvalue weighted by Crippen LogP contribution is -2.03. The summed E-state index contributed by atoms with van der Waals surface area (Å²) in [5.41, 5.74) is 4.42. The summed E-state index contributed by atoms with van der Waals surface area (Å²) in [4.78, 5) is 0. The van der Waals surface area contributed by atoms with Crippen molar-refractivity contribution in [2.75, 3.05) is 5.32 Å². The summed E-state index contributed by atoms with van der Waals surface area (Å²) in [7, 11) is 0. The first kappa shape index (κ1) is 11.8. The largest absolute Gasteiger partial charge is 0.380 e. The normalized spacial score (nSPS) is 13.8. The Balaban J connectivity index is 1.78. The summed E-state index contributed by atoms with van der Waals surface area (Å²) in [6.07, 6.45) is 2.62. The van der Waals surface area contributed by atoms with Crippen LogP contribution in [0.25, 0.3) is 0 Å². The Bertz CT molecular complexity index is 621. The minimum Gasteiger partial charge on any atom is -0.380 e. The molecule has 0 unspecified atom stereocenters. The minimum atomic E-state index is 0.700. The smallest absolute Gasteiger partial charge is 0.101 e. The van der Waals surface area contributed by atoms with Gasteiger partial charge in [-0.15, -0.1) is 0 Å². The van der Waals surface area contributed by atoms with E-state index in [0.717, 1.165) is 18.2 Å². The van der Waals surface area contributed by atoms with Crippen LogP contribution in [0.3, 0.4) is 0 Å². The lowest BCUT2D eigenvalue weighted by molar-refractivity contribution is 1.03. The zero-order valence-electron chi connectivity index (χ0n) is 10.8. The zero-order valence-corrected chi connectivity index (χ0v) is 10.8. The number of nitrogens with one attached hydrogen (secondary N) is 1. The maximum Gasteiger partial charge on any atom is 0.101 e. The molecule has 2 aromatic rings. The highest BCUT2D eigenvalue weighted by atomic mass is 14.9. The fourth-order valence-electron chi connectivity index (χ4n) is 2.41. The van der Waals surface area contributed by atoms with Gasteiger partial charge in [0.2, 0.25) is 0 Å². The van der Waals surface area contributed by atoms with Crippen LogP contribution in [0.2, 0.25) is 0 Å². The molecule has 0 atom stereocenters. The summed E-state index contributed by atoms with van der Waals surface area (Å²) in [6, 6.07) is 18.5. The molecule has 0 bridgehead atoms. The van der Waals surface area contributed by atoms with E-state index in [-0.39, 0.29) is 0 Å². The van der Waals surface area contributed by atoms with Gasteiger partial charge in [-0.1, -0.05) is 36.4 Å². The Hall–Kier alpha value is -2.27. The molecule has 1 aliphatic rings. The Labute approximate surface area is 113 Å². The van der Waals surface area contributed by atoms with E-state index in [1.807, 2.05) is 24.3 Å². The van der Waals surface area contributed by atoms with Crippen molar-refractivity contribution in [3.8, 4) is 6.07 Å².